The summed E-state index contributed by atoms with van der Waals surface area (Å²) in [6.07, 6.45) is 1.10. The molecule has 0 bridgehead atoms. The van der Waals surface area contributed by atoms with E-state index in [9.17, 15) is 9.18 Å². The zero-order valence-corrected chi connectivity index (χ0v) is 11.4. The molecular formula is C14H20FN3O. The highest BCUT2D eigenvalue weighted by molar-refractivity contribution is 5.92. The number of benzene rings is 1. The first kappa shape index (κ1) is 13.8. The summed E-state index contributed by atoms with van der Waals surface area (Å²) >= 11 is 0. The van der Waals surface area contributed by atoms with Crippen LogP contribution in [0.25, 0.3) is 0 Å². The summed E-state index contributed by atoms with van der Waals surface area (Å²) in [5.74, 6) is -0.567. The molecule has 1 saturated heterocycles. The Bertz CT molecular complexity index is 488. The van der Waals surface area contributed by atoms with Crippen LogP contribution in [0.5, 0.6) is 0 Å². The fourth-order valence-electron chi connectivity index (χ4n) is 2.38. The van der Waals surface area contributed by atoms with E-state index in [1.807, 2.05) is 0 Å². The van der Waals surface area contributed by atoms with Gasteiger partial charge in [-0.25, -0.2) is 4.39 Å². The first-order valence-corrected chi connectivity index (χ1v) is 6.43. The second-order valence-electron chi connectivity index (χ2n) is 5.91. The molecule has 1 aliphatic heterocycles. The van der Waals surface area contributed by atoms with Gasteiger partial charge in [0.15, 0.2) is 0 Å². The van der Waals surface area contributed by atoms with E-state index in [4.69, 9.17) is 5.73 Å². The number of nitrogens with one attached hydrogen (secondary N) is 1. The highest BCUT2D eigenvalue weighted by Crippen LogP contribution is 2.28. The molecule has 5 heteroatoms. The Hall–Kier alpha value is -1.62. The average molecular weight is 265 g/mol. The molecule has 0 atom stereocenters. The third kappa shape index (κ3) is 3.67. The molecule has 104 valence electrons. The van der Waals surface area contributed by atoms with Crippen molar-refractivity contribution in [3.05, 3.63) is 24.0 Å². The van der Waals surface area contributed by atoms with Crippen molar-refractivity contribution in [2.24, 2.45) is 5.41 Å². The van der Waals surface area contributed by atoms with Gasteiger partial charge in [-0.2, -0.15) is 0 Å². The van der Waals surface area contributed by atoms with Crippen LogP contribution >= 0.6 is 0 Å². The maximum absolute atomic E-state index is 13.0. The van der Waals surface area contributed by atoms with Crippen molar-refractivity contribution in [3.8, 4) is 0 Å². The number of rotatable bonds is 3. The molecule has 1 aliphatic rings. The van der Waals surface area contributed by atoms with Gasteiger partial charge in [0.2, 0.25) is 5.91 Å². The minimum atomic E-state index is -0.473. The number of halogens is 1. The topological polar surface area (TPSA) is 58.4 Å². The van der Waals surface area contributed by atoms with Gasteiger partial charge in [0.25, 0.3) is 0 Å². The van der Waals surface area contributed by atoms with E-state index in [1.165, 1.54) is 18.2 Å². The number of nitrogens with two attached hydrogens (primary N) is 1. The molecule has 0 saturated carbocycles. The third-order valence-electron chi connectivity index (χ3n) is 3.40. The van der Waals surface area contributed by atoms with E-state index in [-0.39, 0.29) is 17.0 Å². The SMILES string of the molecule is CC1(C)CCN(CC(=O)Nc2ccc(F)c(N)c2)C1. The summed E-state index contributed by atoms with van der Waals surface area (Å²) in [5, 5.41) is 2.74. The van der Waals surface area contributed by atoms with Crippen molar-refractivity contribution < 1.29 is 9.18 Å². The van der Waals surface area contributed by atoms with Gasteiger partial charge in [-0.15, -0.1) is 0 Å². The lowest BCUT2D eigenvalue weighted by molar-refractivity contribution is -0.117. The van der Waals surface area contributed by atoms with Gasteiger partial charge in [0.05, 0.1) is 12.2 Å². The van der Waals surface area contributed by atoms with E-state index in [0.29, 0.717) is 12.2 Å². The predicted octanol–water partition coefficient (Wildman–Crippen LogP) is 2.08. The van der Waals surface area contributed by atoms with Gasteiger partial charge < -0.3 is 11.1 Å². The van der Waals surface area contributed by atoms with E-state index in [0.717, 1.165) is 19.5 Å². The number of hydrogen-bond acceptors (Lipinski definition) is 3. The minimum Gasteiger partial charge on any atom is -0.396 e. The lowest BCUT2D eigenvalue weighted by Crippen LogP contribution is -2.32. The lowest BCUT2D eigenvalue weighted by atomic mass is 9.93. The van der Waals surface area contributed by atoms with E-state index >= 15 is 0 Å². The van der Waals surface area contributed by atoms with Crippen LogP contribution in [-0.4, -0.2) is 30.4 Å². The van der Waals surface area contributed by atoms with Gasteiger partial charge in [-0.05, 0) is 36.6 Å². The summed E-state index contributed by atoms with van der Waals surface area (Å²) in [5.41, 5.74) is 6.31. The van der Waals surface area contributed by atoms with Crippen molar-refractivity contribution >= 4 is 17.3 Å². The molecule has 0 unspecified atom stereocenters. The number of hydrogen-bond donors (Lipinski definition) is 2. The minimum absolute atomic E-state index is 0.0418. The van der Waals surface area contributed by atoms with Crippen LogP contribution in [0.1, 0.15) is 20.3 Å². The second kappa shape index (κ2) is 5.17. The number of nitrogen functional groups attached to an aromatic ring is 1. The Morgan fingerprint density at radius 1 is 1.53 bits per heavy atom. The molecule has 1 aromatic rings. The molecule has 4 nitrogen and oxygen atoms in total. The molecule has 0 aromatic heterocycles. The molecule has 1 heterocycles. The largest absolute Gasteiger partial charge is 0.396 e. The molecule has 1 amide bonds. The van der Waals surface area contributed by atoms with Crippen LogP contribution in [0, 0.1) is 11.2 Å². The van der Waals surface area contributed by atoms with Crippen LogP contribution < -0.4 is 11.1 Å². The smallest absolute Gasteiger partial charge is 0.238 e. The molecule has 3 N–H and O–H groups in total. The molecule has 1 fully saturated rings. The number of nitrogens with zero attached hydrogens (tertiary/aromatic N) is 1. The van der Waals surface area contributed by atoms with Crippen molar-refractivity contribution in [2.45, 2.75) is 20.3 Å². The van der Waals surface area contributed by atoms with Gasteiger partial charge >= 0.3 is 0 Å². The highest BCUT2D eigenvalue weighted by atomic mass is 19.1. The number of amides is 1. The predicted molar refractivity (Wildman–Crippen MR) is 74.3 cm³/mol. The Morgan fingerprint density at radius 3 is 2.84 bits per heavy atom. The van der Waals surface area contributed by atoms with Gasteiger partial charge in [-0.3, -0.25) is 9.69 Å². The summed E-state index contributed by atoms with van der Waals surface area (Å²) in [4.78, 5) is 14.0. The second-order valence-corrected chi connectivity index (χ2v) is 5.91. The van der Waals surface area contributed by atoms with Crippen molar-refractivity contribution in [1.29, 1.82) is 0 Å². The van der Waals surface area contributed by atoms with E-state index in [2.05, 4.69) is 24.1 Å². The first-order valence-electron chi connectivity index (χ1n) is 6.43. The maximum Gasteiger partial charge on any atom is 0.238 e. The van der Waals surface area contributed by atoms with E-state index in [1.54, 1.807) is 0 Å². The Kier molecular flexibility index (Phi) is 3.75. The van der Waals surface area contributed by atoms with Crippen LogP contribution in [0.2, 0.25) is 0 Å². The van der Waals surface area contributed by atoms with Crippen LogP contribution in [0.4, 0.5) is 15.8 Å². The normalized spacial score (nSPS) is 18.5. The zero-order valence-electron chi connectivity index (χ0n) is 11.4. The average Bonchev–Trinajstić information content (AvgIpc) is 2.63. The molecule has 0 spiro atoms. The summed E-state index contributed by atoms with van der Waals surface area (Å²) in [6.45, 7) is 6.62. The van der Waals surface area contributed by atoms with Crippen molar-refractivity contribution in [3.63, 3.8) is 0 Å². The highest BCUT2D eigenvalue weighted by Gasteiger charge is 2.29. The number of carbonyl (C=O) groups is 1. The van der Waals surface area contributed by atoms with Crippen LogP contribution in [-0.2, 0) is 4.79 Å². The fraction of sp³-hybridized carbons (Fsp3) is 0.500. The number of anilines is 2. The first-order chi connectivity index (χ1) is 8.85. The fourth-order valence-corrected chi connectivity index (χ4v) is 2.38. The summed E-state index contributed by atoms with van der Waals surface area (Å²) in [7, 11) is 0. The Morgan fingerprint density at radius 2 is 2.26 bits per heavy atom. The lowest BCUT2D eigenvalue weighted by Gasteiger charge is -2.19. The quantitative estimate of drug-likeness (QED) is 0.823. The van der Waals surface area contributed by atoms with Crippen LogP contribution in [0.15, 0.2) is 18.2 Å². The van der Waals surface area contributed by atoms with Crippen molar-refractivity contribution in [2.75, 3.05) is 30.7 Å². The summed E-state index contributed by atoms with van der Waals surface area (Å²) in [6, 6.07) is 4.20. The van der Waals surface area contributed by atoms with Gasteiger partial charge in [0.1, 0.15) is 5.82 Å². The monoisotopic (exact) mass is 265 g/mol. The molecule has 0 aliphatic carbocycles. The summed E-state index contributed by atoms with van der Waals surface area (Å²) < 4.78 is 13.0. The Balaban J connectivity index is 1.89. The number of carbonyl (C=O) groups excluding carboxylic acids is 1. The molecule has 19 heavy (non-hydrogen) atoms. The molecule has 2 rings (SSSR count). The molecule has 1 aromatic carbocycles. The standard InChI is InChI=1S/C14H20FN3O/c1-14(2)5-6-18(9-14)8-13(19)17-10-3-4-11(15)12(16)7-10/h3-4,7H,5-6,8-9,16H2,1-2H3,(H,17,19). The van der Waals surface area contributed by atoms with E-state index < -0.39 is 5.82 Å². The molecule has 0 radical (unpaired) electrons. The molecular weight excluding hydrogens is 245 g/mol. The maximum atomic E-state index is 13.0. The zero-order chi connectivity index (χ0) is 14.0. The van der Waals surface area contributed by atoms with Gasteiger partial charge in [-0.1, -0.05) is 13.8 Å². The Labute approximate surface area is 112 Å². The third-order valence-corrected chi connectivity index (χ3v) is 3.40. The number of likely N-dealkylation sites (tertiary alicyclic amines) is 1. The van der Waals surface area contributed by atoms with Crippen molar-refractivity contribution in [1.82, 2.24) is 4.90 Å². The van der Waals surface area contributed by atoms with Gasteiger partial charge in [0, 0.05) is 12.2 Å². The van der Waals surface area contributed by atoms with Crippen LogP contribution in [0.3, 0.4) is 0 Å².